The second-order valence-electron chi connectivity index (χ2n) is 4.57. The van der Waals surface area contributed by atoms with Gasteiger partial charge in [0.15, 0.2) is 0 Å². The Morgan fingerprint density at radius 3 is 2.44 bits per heavy atom. The topological polar surface area (TPSA) is 64.1 Å². The molecular formula is C11H17N3O2. The van der Waals surface area contributed by atoms with Crippen molar-refractivity contribution in [1.82, 2.24) is 9.97 Å². The predicted molar refractivity (Wildman–Crippen MR) is 61.4 cm³/mol. The maximum Gasteiger partial charge on any atom is 0.413 e. The van der Waals surface area contributed by atoms with Crippen LogP contribution in [-0.2, 0) is 4.74 Å². The first-order valence-corrected chi connectivity index (χ1v) is 5.08. The molecular weight excluding hydrogens is 206 g/mol. The molecule has 0 fully saturated rings. The van der Waals surface area contributed by atoms with E-state index in [1.807, 2.05) is 27.7 Å². The van der Waals surface area contributed by atoms with Crippen molar-refractivity contribution in [3.8, 4) is 0 Å². The fourth-order valence-electron chi connectivity index (χ4n) is 1.19. The molecule has 0 aliphatic carbocycles. The van der Waals surface area contributed by atoms with Gasteiger partial charge in [-0.15, -0.1) is 0 Å². The summed E-state index contributed by atoms with van der Waals surface area (Å²) in [5.41, 5.74) is 0.292. The lowest BCUT2D eigenvalue weighted by molar-refractivity contribution is 0.0635. The zero-order valence-electron chi connectivity index (χ0n) is 10.3. The zero-order chi connectivity index (χ0) is 12.3. The number of rotatable bonds is 1. The SMILES string of the molecule is Cc1cc(NC(=O)OC(C)(C)C)nc(C)n1. The molecule has 0 spiro atoms. The molecule has 5 heteroatoms. The molecule has 1 aromatic heterocycles. The van der Waals surface area contributed by atoms with Gasteiger partial charge in [-0.05, 0) is 34.6 Å². The van der Waals surface area contributed by atoms with Gasteiger partial charge in [-0.3, -0.25) is 5.32 Å². The maximum absolute atomic E-state index is 11.5. The highest BCUT2D eigenvalue weighted by atomic mass is 16.6. The van der Waals surface area contributed by atoms with Gasteiger partial charge in [-0.25, -0.2) is 14.8 Å². The Bertz CT molecular complexity index is 376. The van der Waals surface area contributed by atoms with E-state index in [2.05, 4.69) is 15.3 Å². The second-order valence-corrected chi connectivity index (χ2v) is 4.57. The van der Waals surface area contributed by atoms with Crippen LogP contribution in [-0.4, -0.2) is 21.7 Å². The largest absolute Gasteiger partial charge is 0.444 e. The number of hydrogen-bond donors (Lipinski definition) is 1. The molecule has 0 unspecified atom stereocenters. The van der Waals surface area contributed by atoms with Crippen LogP contribution in [0.25, 0.3) is 0 Å². The summed E-state index contributed by atoms with van der Waals surface area (Å²) in [5, 5.41) is 2.57. The number of aromatic nitrogens is 2. The zero-order valence-corrected chi connectivity index (χ0v) is 10.3. The average molecular weight is 223 g/mol. The number of carbonyl (C=O) groups excluding carboxylic acids is 1. The van der Waals surface area contributed by atoms with Crippen LogP contribution >= 0.6 is 0 Å². The summed E-state index contributed by atoms with van der Waals surface area (Å²) in [5.74, 6) is 1.07. The lowest BCUT2D eigenvalue weighted by atomic mass is 10.2. The van der Waals surface area contributed by atoms with E-state index in [0.29, 0.717) is 11.6 Å². The van der Waals surface area contributed by atoms with E-state index >= 15 is 0 Å². The number of amides is 1. The van der Waals surface area contributed by atoms with Crippen molar-refractivity contribution in [3.05, 3.63) is 17.6 Å². The molecule has 1 aromatic rings. The molecule has 1 rings (SSSR count). The molecule has 16 heavy (non-hydrogen) atoms. The Kier molecular flexibility index (Phi) is 3.47. The summed E-state index contributed by atoms with van der Waals surface area (Å²) in [6.07, 6.45) is -0.509. The standard InChI is InChI=1S/C11H17N3O2/c1-7-6-9(13-8(2)12-7)14-10(15)16-11(3,4)5/h6H,1-5H3,(H,12,13,14,15). The van der Waals surface area contributed by atoms with Gasteiger partial charge >= 0.3 is 6.09 Å². The van der Waals surface area contributed by atoms with Crippen LogP contribution in [0, 0.1) is 13.8 Å². The Balaban J connectivity index is 2.70. The van der Waals surface area contributed by atoms with E-state index in [9.17, 15) is 4.79 Å². The smallest absolute Gasteiger partial charge is 0.413 e. The first-order chi connectivity index (χ1) is 7.26. The number of nitrogens with one attached hydrogen (secondary N) is 1. The Morgan fingerprint density at radius 1 is 1.31 bits per heavy atom. The fraction of sp³-hybridized carbons (Fsp3) is 0.545. The van der Waals surface area contributed by atoms with Gasteiger partial charge in [0.25, 0.3) is 0 Å². The maximum atomic E-state index is 11.5. The van der Waals surface area contributed by atoms with Crippen molar-refractivity contribution in [2.24, 2.45) is 0 Å². The van der Waals surface area contributed by atoms with E-state index in [0.717, 1.165) is 5.69 Å². The number of carbonyl (C=O) groups is 1. The predicted octanol–water partition coefficient (Wildman–Crippen LogP) is 2.44. The summed E-state index contributed by atoms with van der Waals surface area (Å²) in [6.45, 7) is 9.04. The molecule has 0 aliphatic heterocycles. The number of ether oxygens (including phenoxy) is 1. The molecule has 1 amide bonds. The van der Waals surface area contributed by atoms with Gasteiger partial charge in [0.05, 0.1) is 0 Å². The molecule has 0 aromatic carbocycles. The van der Waals surface area contributed by atoms with Crippen LogP contribution < -0.4 is 5.32 Å². The molecule has 0 atom stereocenters. The Morgan fingerprint density at radius 2 is 1.94 bits per heavy atom. The van der Waals surface area contributed by atoms with Crippen LogP contribution in [0.2, 0.25) is 0 Å². The van der Waals surface area contributed by atoms with Crippen molar-refractivity contribution < 1.29 is 9.53 Å². The third kappa shape index (κ3) is 4.25. The second kappa shape index (κ2) is 4.47. The Hall–Kier alpha value is -1.65. The molecule has 0 saturated carbocycles. The van der Waals surface area contributed by atoms with Crippen molar-refractivity contribution in [3.63, 3.8) is 0 Å². The summed E-state index contributed by atoms with van der Waals surface area (Å²) in [7, 11) is 0. The van der Waals surface area contributed by atoms with Gasteiger partial charge in [-0.2, -0.15) is 0 Å². The third-order valence-corrected chi connectivity index (χ3v) is 1.60. The lowest BCUT2D eigenvalue weighted by Gasteiger charge is -2.19. The highest BCUT2D eigenvalue weighted by Gasteiger charge is 2.16. The molecule has 5 nitrogen and oxygen atoms in total. The van der Waals surface area contributed by atoms with E-state index in [1.54, 1.807) is 13.0 Å². The molecule has 0 radical (unpaired) electrons. The van der Waals surface area contributed by atoms with Gasteiger partial charge in [-0.1, -0.05) is 0 Å². The molecule has 0 saturated heterocycles. The van der Waals surface area contributed by atoms with Crippen LogP contribution in [0.5, 0.6) is 0 Å². The minimum Gasteiger partial charge on any atom is -0.444 e. The van der Waals surface area contributed by atoms with Crippen molar-refractivity contribution >= 4 is 11.9 Å². The third-order valence-electron chi connectivity index (χ3n) is 1.60. The minimum atomic E-state index is -0.513. The number of hydrogen-bond acceptors (Lipinski definition) is 4. The monoisotopic (exact) mass is 223 g/mol. The number of anilines is 1. The molecule has 88 valence electrons. The van der Waals surface area contributed by atoms with Gasteiger partial charge < -0.3 is 4.74 Å². The Labute approximate surface area is 95.3 Å². The summed E-state index contributed by atoms with van der Waals surface area (Å²) in [4.78, 5) is 19.7. The van der Waals surface area contributed by atoms with E-state index < -0.39 is 11.7 Å². The quantitative estimate of drug-likeness (QED) is 0.794. The van der Waals surface area contributed by atoms with E-state index in [1.165, 1.54) is 0 Å². The molecule has 0 bridgehead atoms. The van der Waals surface area contributed by atoms with E-state index in [4.69, 9.17) is 4.74 Å². The average Bonchev–Trinajstić information content (AvgIpc) is 1.96. The summed E-state index contributed by atoms with van der Waals surface area (Å²) < 4.78 is 5.11. The van der Waals surface area contributed by atoms with E-state index in [-0.39, 0.29) is 0 Å². The van der Waals surface area contributed by atoms with Crippen LogP contribution in [0.3, 0.4) is 0 Å². The lowest BCUT2D eigenvalue weighted by Crippen LogP contribution is -2.27. The molecule has 0 aliphatic rings. The van der Waals surface area contributed by atoms with Crippen LogP contribution in [0.15, 0.2) is 6.07 Å². The van der Waals surface area contributed by atoms with Gasteiger partial charge in [0.1, 0.15) is 17.2 Å². The molecule has 1 N–H and O–H groups in total. The summed E-state index contributed by atoms with van der Waals surface area (Å²) in [6, 6.07) is 1.69. The van der Waals surface area contributed by atoms with Crippen molar-refractivity contribution in [2.45, 2.75) is 40.2 Å². The summed E-state index contributed by atoms with van der Waals surface area (Å²) >= 11 is 0. The highest BCUT2D eigenvalue weighted by molar-refractivity contribution is 5.83. The number of nitrogens with zero attached hydrogens (tertiary/aromatic N) is 2. The first-order valence-electron chi connectivity index (χ1n) is 5.08. The number of aryl methyl sites for hydroxylation is 2. The molecule has 1 heterocycles. The van der Waals surface area contributed by atoms with Crippen molar-refractivity contribution in [2.75, 3.05) is 5.32 Å². The van der Waals surface area contributed by atoms with Gasteiger partial charge in [0, 0.05) is 11.8 Å². The van der Waals surface area contributed by atoms with Gasteiger partial charge in [0.2, 0.25) is 0 Å². The normalized spacial score (nSPS) is 11.1. The first kappa shape index (κ1) is 12.4. The minimum absolute atomic E-state index is 0.458. The van der Waals surface area contributed by atoms with Crippen LogP contribution in [0.1, 0.15) is 32.3 Å². The highest BCUT2D eigenvalue weighted by Crippen LogP contribution is 2.10. The fourth-order valence-corrected chi connectivity index (χ4v) is 1.19. The van der Waals surface area contributed by atoms with Crippen LogP contribution in [0.4, 0.5) is 10.6 Å². The van der Waals surface area contributed by atoms with Crippen molar-refractivity contribution in [1.29, 1.82) is 0 Å².